The molecule has 1 unspecified atom stereocenters. The number of carbonyl (C=O) groups excluding carboxylic acids is 2. The molecule has 2 heterocycles. The number of nitrogens with zero attached hydrogens (tertiary/aromatic N) is 4. The van der Waals surface area contributed by atoms with E-state index in [9.17, 15) is 14.0 Å². The first-order chi connectivity index (χ1) is 15.0. The molecule has 1 aromatic heterocycles. The van der Waals surface area contributed by atoms with Crippen LogP contribution < -0.4 is 5.32 Å². The molecule has 1 aliphatic heterocycles. The zero-order valence-electron chi connectivity index (χ0n) is 17.2. The lowest BCUT2D eigenvalue weighted by Gasteiger charge is -2.32. The van der Waals surface area contributed by atoms with E-state index in [0.29, 0.717) is 31.5 Å². The van der Waals surface area contributed by atoms with E-state index in [1.807, 2.05) is 31.2 Å². The Hall–Kier alpha value is -3.55. The van der Waals surface area contributed by atoms with Gasteiger partial charge < -0.3 is 10.2 Å². The van der Waals surface area contributed by atoms with E-state index in [-0.39, 0.29) is 29.6 Å². The van der Waals surface area contributed by atoms with Crippen LogP contribution in [0.4, 0.5) is 4.39 Å². The lowest BCUT2D eigenvalue weighted by Crippen LogP contribution is -2.43. The van der Waals surface area contributed by atoms with Gasteiger partial charge in [0, 0.05) is 24.6 Å². The van der Waals surface area contributed by atoms with Gasteiger partial charge in [-0.15, -0.1) is 0 Å². The molecule has 1 saturated heterocycles. The van der Waals surface area contributed by atoms with Gasteiger partial charge in [0.05, 0.1) is 11.7 Å². The number of halogens is 1. The normalized spacial score (nSPS) is 15.5. The van der Waals surface area contributed by atoms with E-state index >= 15 is 0 Å². The second-order valence-electron chi connectivity index (χ2n) is 7.74. The summed E-state index contributed by atoms with van der Waals surface area (Å²) in [6, 6.07) is 13.2. The summed E-state index contributed by atoms with van der Waals surface area (Å²) in [4.78, 5) is 31.0. The minimum absolute atomic E-state index is 0.00161. The number of likely N-dealkylation sites (tertiary alicyclic amines) is 1. The fourth-order valence-electron chi connectivity index (χ4n) is 3.79. The van der Waals surface area contributed by atoms with E-state index < -0.39 is 0 Å². The Bertz CT molecular complexity index is 1030. The molecule has 7 nitrogen and oxygen atoms in total. The van der Waals surface area contributed by atoms with Crippen molar-refractivity contribution < 1.29 is 14.0 Å². The number of hydrogen-bond donors (Lipinski definition) is 1. The van der Waals surface area contributed by atoms with Gasteiger partial charge in [-0.05, 0) is 61.7 Å². The number of benzene rings is 2. The molecule has 2 aromatic carbocycles. The molecule has 0 radical (unpaired) electrons. The Morgan fingerprint density at radius 3 is 2.35 bits per heavy atom. The third-order valence-corrected chi connectivity index (χ3v) is 5.68. The summed E-state index contributed by atoms with van der Waals surface area (Å²) in [5.74, 6) is -0.621. The highest BCUT2D eigenvalue weighted by atomic mass is 19.1. The van der Waals surface area contributed by atoms with Gasteiger partial charge in [-0.25, -0.2) is 14.1 Å². The molecule has 2 amide bonds. The van der Waals surface area contributed by atoms with Crippen LogP contribution in [0.3, 0.4) is 0 Å². The van der Waals surface area contributed by atoms with Crippen molar-refractivity contribution in [2.45, 2.75) is 25.8 Å². The molecule has 160 valence electrons. The standard InChI is InChI=1S/C23H24FN5O2/c1-16(17-4-8-21(9-5-17)29-15-25-14-26-29)27-22(30)18-10-12-28(13-11-18)23(31)19-2-6-20(24)7-3-19/h2-9,14-16,18H,10-13H2,1H3,(H,27,30). The van der Waals surface area contributed by atoms with Gasteiger partial charge in [0.15, 0.2) is 0 Å². The fraction of sp³-hybridized carbons (Fsp3) is 0.304. The average Bonchev–Trinajstić information content (AvgIpc) is 3.34. The van der Waals surface area contributed by atoms with Crippen LogP contribution in [0.2, 0.25) is 0 Å². The highest BCUT2D eigenvalue weighted by Crippen LogP contribution is 2.22. The van der Waals surface area contributed by atoms with E-state index in [2.05, 4.69) is 15.4 Å². The Morgan fingerprint density at radius 1 is 1.06 bits per heavy atom. The highest BCUT2D eigenvalue weighted by Gasteiger charge is 2.28. The van der Waals surface area contributed by atoms with Crippen LogP contribution in [0.5, 0.6) is 0 Å². The summed E-state index contributed by atoms with van der Waals surface area (Å²) in [6.07, 6.45) is 4.33. The van der Waals surface area contributed by atoms with Crippen molar-refractivity contribution in [3.8, 4) is 5.69 Å². The first-order valence-electron chi connectivity index (χ1n) is 10.3. The highest BCUT2D eigenvalue weighted by molar-refractivity contribution is 5.94. The molecule has 0 saturated carbocycles. The summed E-state index contributed by atoms with van der Waals surface area (Å²) in [7, 11) is 0. The van der Waals surface area contributed by atoms with Gasteiger partial charge in [0.25, 0.3) is 5.91 Å². The van der Waals surface area contributed by atoms with Crippen LogP contribution in [-0.2, 0) is 4.79 Å². The van der Waals surface area contributed by atoms with E-state index in [0.717, 1.165) is 11.3 Å². The molecule has 4 rings (SSSR count). The SMILES string of the molecule is CC(NC(=O)C1CCN(C(=O)c2ccc(F)cc2)CC1)c1ccc(-n2cncn2)cc1. The predicted molar refractivity (Wildman–Crippen MR) is 113 cm³/mol. The van der Waals surface area contributed by atoms with Crippen molar-refractivity contribution in [3.63, 3.8) is 0 Å². The van der Waals surface area contributed by atoms with Crippen molar-refractivity contribution in [2.75, 3.05) is 13.1 Å². The molecule has 0 spiro atoms. The molecular weight excluding hydrogens is 397 g/mol. The minimum Gasteiger partial charge on any atom is -0.349 e. The number of carbonyl (C=O) groups is 2. The second kappa shape index (κ2) is 9.07. The molecular formula is C23H24FN5O2. The number of piperidine rings is 1. The smallest absolute Gasteiger partial charge is 0.253 e. The summed E-state index contributed by atoms with van der Waals surface area (Å²) in [5, 5.41) is 7.19. The molecule has 1 aliphatic rings. The molecule has 31 heavy (non-hydrogen) atoms. The van der Waals surface area contributed by atoms with E-state index in [1.165, 1.54) is 30.6 Å². The van der Waals surface area contributed by atoms with Gasteiger partial charge in [-0.3, -0.25) is 9.59 Å². The summed E-state index contributed by atoms with van der Waals surface area (Å²) in [5.41, 5.74) is 2.37. The van der Waals surface area contributed by atoms with Crippen LogP contribution in [-0.4, -0.2) is 44.6 Å². The summed E-state index contributed by atoms with van der Waals surface area (Å²) in [6.45, 7) is 2.97. The van der Waals surface area contributed by atoms with Crippen molar-refractivity contribution >= 4 is 11.8 Å². The second-order valence-corrected chi connectivity index (χ2v) is 7.74. The van der Waals surface area contributed by atoms with Crippen molar-refractivity contribution in [1.29, 1.82) is 0 Å². The van der Waals surface area contributed by atoms with Crippen molar-refractivity contribution in [1.82, 2.24) is 25.0 Å². The molecule has 1 atom stereocenters. The van der Waals surface area contributed by atoms with Crippen LogP contribution in [0.25, 0.3) is 5.69 Å². The average molecular weight is 421 g/mol. The first-order valence-corrected chi connectivity index (χ1v) is 10.3. The Balaban J connectivity index is 1.29. The van der Waals surface area contributed by atoms with E-state index in [4.69, 9.17) is 0 Å². The maximum Gasteiger partial charge on any atom is 0.253 e. The molecule has 0 bridgehead atoms. The summed E-state index contributed by atoms with van der Waals surface area (Å²) < 4.78 is 14.7. The monoisotopic (exact) mass is 421 g/mol. The number of nitrogens with one attached hydrogen (secondary N) is 1. The lowest BCUT2D eigenvalue weighted by molar-refractivity contribution is -0.127. The van der Waals surface area contributed by atoms with Gasteiger partial charge in [-0.1, -0.05) is 12.1 Å². The van der Waals surface area contributed by atoms with E-state index in [1.54, 1.807) is 15.9 Å². The zero-order valence-corrected chi connectivity index (χ0v) is 17.2. The van der Waals surface area contributed by atoms with Crippen molar-refractivity contribution in [3.05, 3.63) is 78.1 Å². The Kier molecular flexibility index (Phi) is 6.06. The Morgan fingerprint density at radius 2 is 1.74 bits per heavy atom. The van der Waals surface area contributed by atoms with Crippen molar-refractivity contribution in [2.24, 2.45) is 5.92 Å². The minimum atomic E-state index is -0.367. The van der Waals surface area contributed by atoms with Gasteiger partial charge >= 0.3 is 0 Å². The third-order valence-electron chi connectivity index (χ3n) is 5.68. The Labute approximate surface area is 179 Å². The maximum atomic E-state index is 13.1. The van der Waals surface area contributed by atoms with Crippen LogP contribution in [0.15, 0.2) is 61.2 Å². The van der Waals surface area contributed by atoms with Gasteiger partial charge in [0.2, 0.25) is 5.91 Å². The van der Waals surface area contributed by atoms with Gasteiger partial charge in [0.1, 0.15) is 18.5 Å². The summed E-state index contributed by atoms with van der Waals surface area (Å²) >= 11 is 0. The largest absolute Gasteiger partial charge is 0.349 e. The van der Waals surface area contributed by atoms with Gasteiger partial charge in [-0.2, -0.15) is 5.10 Å². The predicted octanol–water partition coefficient (Wildman–Crippen LogP) is 3.14. The topological polar surface area (TPSA) is 80.1 Å². The number of amides is 2. The van der Waals surface area contributed by atoms with Crippen LogP contribution >= 0.6 is 0 Å². The van der Waals surface area contributed by atoms with Crippen LogP contribution in [0.1, 0.15) is 41.7 Å². The molecule has 3 aromatic rings. The lowest BCUT2D eigenvalue weighted by atomic mass is 9.94. The molecule has 1 fully saturated rings. The fourth-order valence-corrected chi connectivity index (χ4v) is 3.79. The quantitative estimate of drug-likeness (QED) is 0.686. The molecule has 8 heteroatoms. The molecule has 1 N–H and O–H groups in total. The maximum absolute atomic E-state index is 13.1. The first kappa shape index (κ1) is 20.7. The molecule has 0 aliphatic carbocycles. The van der Waals surface area contributed by atoms with Crippen LogP contribution in [0, 0.1) is 11.7 Å². The number of hydrogen-bond acceptors (Lipinski definition) is 4. The zero-order chi connectivity index (χ0) is 21.8. The number of rotatable bonds is 5. The number of aromatic nitrogens is 3. The third kappa shape index (κ3) is 4.79.